The van der Waals surface area contributed by atoms with Crippen LogP contribution in [0.3, 0.4) is 0 Å². The van der Waals surface area contributed by atoms with Crippen LogP contribution in [0.4, 0.5) is 0 Å². The SMILES string of the molecule is CC(=O)c1ccc(Oc2ccc(Br)cc2C(C)C)cc1. The molecule has 20 heavy (non-hydrogen) atoms. The van der Waals surface area contributed by atoms with E-state index < -0.39 is 0 Å². The summed E-state index contributed by atoms with van der Waals surface area (Å²) < 4.78 is 6.97. The number of rotatable bonds is 4. The van der Waals surface area contributed by atoms with Gasteiger partial charge in [-0.25, -0.2) is 0 Å². The third kappa shape index (κ3) is 3.48. The Bertz CT molecular complexity index is 615. The molecule has 2 aromatic rings. The van der Waals surface area contributed by atoms with Gasteiger partial charge in [0.25, 0.3) is 0 Å². The molecule has 104 valence electrons. The summed E-state index contributed by atoms with van der Waals surface area (Å²) in [4.78, 5) is 11.2. The fraction of sp³-hybridized carbons (Fsp3) is 0.235. The fourth-order valence-electron chi connectivity index (χ4n) is 1.95. The molecule has 0 radical (unpaired) electrons. The molecule has 0 spiro atoms. The molecular weight excluding hydrogens is 316 g/mol. The van der Waals surface area contributed by atoms with E-state index in [4.69, 9.17) is 4.74 Å². The molecule has 0 aliphatic heterocycles. The van der Waals surface area contributed by atoms with E-state index in [1.807, 2.05) is 24.3 Å². The number of carbonyl (C=O) groups excluding carboxylic acids is 1. The van der Waals surface area contributed by atoms with Crippen molar-refractivity contribution in [3.05, 3.63) is 58.1 Å². The summed E-state index contributed by atoms with van der Waals surface area (Å²) in [6.07, 6.45) is 0. The van der Waals surface area contributed by atoms with E-state index in [2.05, 4.69) is 35.8 Å². The lowest BCUT2D eigenvalue weighted by Crippen LogP contribution is -1.95. The van der Waals surface area contributed by atoms with Crippen molar-refractivity contribution < 1.29 is 9.53 Å². The van der Waals surface area contributed by atoms with Crippen molar-refractivity contribution in [2.45, 2.75) is 26.7 Å². The van der Waals surface area contributed by atoms with Crippen LogP contribution < -0.4 is 4.74 Å². The van der Waals surface area contributed by atoms with Crippen LogP contribution in [0, 0.1) is 0 Å². The van der Waals surface area contributed by atoms with Gasteiger partial charge in [0.15, 0.2) is 5.78 Å². The third-order valence-electron chi connectivity index (χ3n) is 3.08. The summed E-state index contributed by atoms with van der Waals surface area (Å²) in [7, 11) is 0. The van der Waals surface area contributed by atoms with Crippen LogP contribution in [0.2, 0.25) is 0 Å². The number of ether oxygens (including phenoxy) is 1. The molecule has 0 amide bonds. The lowest BCUT2D eigenvalue weighted by Gasteiger charge is -2.14. The number of carbonyl (C=O) groups is 1. The van der Waals surface area contributed by atoms with Crippen molar-refractivity contribution in [1.82, 2.24) is 0 Å². The number of benzene rings is 2. The van der Waals surface area contributed by atoms with Gasteiger partial charge in [-0.2, -0.15) is 0 Å². The van der Waals surface area contributed by atoms with Gasteiger partial charge in [0.05, 0.1) is 0 Å². The van der Waals surface area contributed by atoms with Crippen LogP contribution in [0.15, 0.2) is 46.9 Å². The minimum atomic E-state index is 0.0584. The third-order valence-corrected chi connectivity index (χ3v) is 3.58. The van der Waals surface area contributed by atoms with Crippen molar-refractivity contribution in [2.24, 2.45) is 0 Å². The first-order chi connectivity index (χ1) is 9.47. The van der Waals surface area contributed by atoms with Crippen LogP contribution in [-0.4, -0.2) is 5.78 Å². The Morgan fingerprint density at radius 1 is 1.10 bits per heavy atom. The van der Waals surface area contributed by atoms with Gasteiger partial charge in [-0.15, -0.1) is 0 Å². The maximum absolute atomic E-state index is 11.2. The van der Waals surface area contributed by atoms with E-state index in [1.165, 1.54) is 0 Å². The Kier molecular flexibility index (Phi) is 4.61. The predicted molar refractivity (Wildman–Crippen MR) is 84.8 cm³/mol. The summed E-state index contributed by atoms with van der Waals surface area (Å²) in [6, 6.07) is 13.2. The maximum atomic E-state index is 11.2. The first-order valence-corrected chi connectivity index (χ1v) is 7.35. The second-order valence-corrected chi connectivity index (χ2v) is 5.94. The van der Waals surface area contributed by atoms with Crippen LogP contribution in [-0.2, 0) is 0 Å². The molecule has 0 N–H and O–H groups in total. The summed E-state index contributed by atoms with van der Waals surface area (Å²) in [5.41, 5.74) is 1.84. The largest absolute Gasteiger partial charge is 0.457 e. The molecule has 2 nitrogen and oxygen atoms in total. The van der Waals surface area contributed by atoms with Crippen molar-refractivity contribution >= 4 is 21.7 Å². The Labute approximate surface area is 127 Å². The van der Waals surface area contributed by atoms with E-state index in [1.54, 1.807) is 19.1 Å². The lowest BCUT2D eigenvalue weighted by molar-refractivity contribution is 0.101. The van der Waals surface area contributed by atoms with Crippen LogP contribution >= 0.6 is 15.9 Å². The van der Waals surface area contributed by atoms with Gasteiger partial charge in [0.2, 0.25) is 0 Å². The Morgan fingerprint density at radius 3 is 2.30 bits per heavy atom. The Hall–Kier alpha value is -1.61. The molecule has 2 rings (SSSR count). The van der Waals surface area contributed by atoms with Gasteiger partial charge >= 0.3 is 0 Å². The number of halogens is 1. The molecule has 0 fully saturated rings. The van der Waals surface area contributed by atoms with Crippen molar-refractivity contribution in [2.75, 3.05) is 0 Å². The highest BCUT2D eigenvalue weighted by Crippen LogP contribution is 2.32. The van der Waals surface area contributed by atoms with E-state index in [9.17, 15) is 4.79 Å². The van der Waals surface area contributed by atoms with Crippen LogP contribution in [0.25, 0.3) is 0 Å². The zero-order chi connectivity index (χ0) is 14.7. The molecule has 3 heteroatoms. The summed E-state index contributed by atoms with van der Waals surface area (Å²) in [5.74, 6) is 2.01. The van der Waals surface area contributed by atoms with Gasteiger partial charge in [-0.3, -0.25) is 4.79 Å². The second-order valence-electron chi connectivity index (χ2n) is 5.02. The zero-order valence-electron chi connectivity index (χ0n) is 11.8. The average molecular weight is 333 g/mol. The summed E-state index contributed by atoms with van der Waals surface area (Å²) in [6.45, 7) is 5.82. The first-order valence-electron chi connectivity index (χ1n) is 6.55. The van der Waals surface area contributed by atoms with Crippen molar-refractivity contribution in [1.29, 1.82) is 0 Å². The minimum Gasteiger partial charge on any atom is -0.457 e. The Balaban J connectivity index is 2.27. The monoisotopic (exact) mass is 332 g/mol. The van der Waals surface area contributed by atoms with Crippen molar-refractivity contribution in [3.63, 3.8) is 0 Å². The topological polar surface area (TPSA) is 26.3 Å². The van der Waals surface area contributed by atoms with E-state index >= 15 is 0 Å². The highest BCUT2D eigenvalue weighted by molar-refractivity contribution is 9.10. The highest BCUT2D eigenvalue weighted by Gasteiger charge is 2.10. The van der Waals surface area contributed by atoms with Crippen LogP contribution in [0.5, 0.6) is 11.5 Å². The number of hydrogen-bond acceptors (Lipinski definition) is 2. The molecule has 0 aliphatic carbocycles. The van der Waals surface area contributed by atoms with Crippen LogP contribution in [0.1, 0.15) is 42.6 Å². The van der Waals surface area contributed by atoms with Gasteiger partial charge in [-0.1, -0.05) is 29.8 Å². The number of Topliss-reactive ketones (excluding diaryl/α,β-unsaturated/α-hetero) is 1. The van der Waals surface area contributed by atoms with Gasteiger partial charge in [0.1, 0.15) is 11.5 Å². The van der Waals surface area contributed by atoms with E-state index in [0.29, 0.717) is 11.5 Å². The van der Waals surface area contributed by atoms with E-state index in [-0.39, 0.29) is 5.78 Å². The molecular formula is C17H17BrO2. The molecule has 0 heterocycles. The molecule has 0 saturated heterocycles. The normalized spacial score (nSPS) is 10.7. The number of ketones is 1. The second kappa shape index (κ2) is 6.23. The standard InChI is InChI=1S/C17H17BrO2/c1-11(2)16-10-14(18)6-9-17(16)20-15-7-4-13(5-8-15)12(3)19/h4-11H,1-3H3. The molecule has 0 aromatic heterocycles. The van der Waals surface area contributed by atoms with Gasteiger partial charge in [0, 0.05) is 10.0 Å². The Morgan fingerprint density at radius 2 is 1.75 bits per heavy atom. The molecule has 0 aliphatic rings. The minimum absolute atomic E-state index is 0.0584. The van der Waals surface area contributed by atoms with Gasteiger partial charge < -0.3 is 4.74 Å². The zero-order valence-corrected chi connectivity index (χ0v) is 13.4. The first kappa shape index (κ1) is 14.8. The average Bonchev–Trinajstić information content (AvgIpc) is 2.41. The fourth-order valence-corrected chi connectivity index (χ4v) is 2.33. The molecule has 2 aromatic carbocycles. The number of hydrogen-bond donors (Lipinski definition) is 0. The smallest absolute Gasteiger partial charge is 0.159 e. The molecule has 0 bridgehead atoms. The van der Waals surface area contributed by atoms with E-state index in [0.717, 1.165) is 21.5 Å². The quantitative estimate of drug-likeness (QED) is 0.684. The molecule has 0 atom stereocenters. The molecule has 0 unspecified atom stereocenters. The highest BCUT2D eigenvalue weighted by atomic mass is 79.9. The molecule has 0 saturated carbocycles. The summed E-state index contributed by atoms with van der Waals surface area (Å²) in [5, 5.41) is 0. The lowest BCUT2D eigenvalue weighted by atomic mass is 10.0. The van der Waals surface area contributed by atoms with Crippen molar-refractivity contribution in [3.8, 4) is 11.5 Å². The van der Waals surface area contributed by atoms with Gasteiger partial charge in [-0.05, 0) is 60.9 Å². The summed E-state index contributed by atoms with van der Waals surface area (Å²) >= 11 is 3.48. The predicted octanol–water partition coefficient (Wildman–Crippen LogP) is 5.57. The maximum Gasteiger partial charge on any atom is 0.159 e.